The molecule has 0 spiro atoms. The van der Waals surface area contributed by atoms with E-state index in [2.05, 4.69) is 20.8 Å². The number of aryl methyl sites for hydroxylation is 1. The van der Waals surface area contributed by atoms with Crippen LogP contribution in [0.5, 0.6) is 0 Å². The van der Waals surface area contributed by atoms with Crippen molar-refractivity contribution in [2.24, 2.45) is 0 Å². The molecule has 2 rings (SSSR count). The molecule has 18 heavy (non-hydrogen) atoms. The van der Waals surface area contributed by atoms with Crippen molar-refractivity contribution in [3.8, 4) is 0 Å². The molecule has 1 aromatic carbocycles. The van der Waals surface area contributed by atoms with Gasteiger partial charge in [0.25, 0.3) is 0 Å². The number of carbonyl (C=O) groups is 1. The van der Waals surface area contributed by atoms with Crippen molar-refractivity contribution >= 4 is 17.1 Å². The molecule has 0 aliphatic carbocycles. The Morgan fingerprint density at radius 2 is 1.78 bits per heavy atom. The van der Waals surface area contributed by atoms with E-state index < -0.39 is 0 Å². The Balaban J connectivity index is 2.23. The van der Waals surface area contributed by atoms with E-state index in [1.54, 1.807) is 11.3 Å². The zero-order valence-electron chi connectivity index (χ0n) is 11.1. The average Bonchev–Trinajstić information content (AvgIpc) is 2.86. The molecule has 94 valence electrons. The third kappa shape index (κ3) is 2.70. The van der Waals surface area contributed by atoms with Gasteiger partial charge in [0.15, 0.2) is 0 Å². The summed E-state index contributed by atoms with van der Waals surface area (Å²) in [4.78, 5) is 14.4. The molecule has 0 N–H and O–H groups in total. The van der Waals surface area contributed by atoms with Crippen LogP contribution in [-0.4, -0.2) is 5.78 Å². The number of rotatable bonds is 4. The maximum absolute atomic E-state index is 12.3. The molecule has 0 saturated carbocycles. The van der Waals surface area contributed by atoms with E-state index in [9.17, 15) is 4.79 Å². The minimum absolute atomic E-state index is 0.134. The highest BCUT2D eigenvalue weighted by molar-refractivity contribution is 7.14. The standard InChI is InChI=1S/C16H18OS/c1-4-14-9-10-15(18-14)16(17)13-7-5-12(6-8-13)11(2)3/h5-11H,4H2,1-3H3. The molecule has 1 nitrogen and oxygen atoms in total. The first-order chi connectivity index (χ1) is 8.61. The lowest BCUT2D eigenvalue weighted by Crippen LogP contribution is -1.99. The summed E-state index contributed by atoms with van der Waals surface area (Å²) in [5.41, 5.74) is 2.05. The zero-order valence-corrected chi connectivity index (χ0v) is 11.9. The van der Waals surface area contributed by atoms with Gasteiger partial charge in [-0.25, -0.2) is 0 Å². The lowest BCUT2D eigenvalue weighted by atomic mass is 10.0. The van der Waals surface area contributed by atoms with E-state index in [-0.39, 0.29) is 5.78 Å². The monoisotopic (exact) mass is 258 g/mol. The second kappa shape index (κ2) is 5.49. The molecule has 0 unspecified atom stereocenters. The molecular formula is C16H18OS. The van der Waals surface area contributed by atoms with Gasteiger partial charge in [0.05, 0.1) is 4.88 Å². The molecule has 0 aliphatic heterocycles. The fraction of sp³-hybridized carbons (Fsp3) is 0.312. The van der Waals surface area contributed by atoms with Crippen LogP contribution in [0.15, 0.2) is 36.4 Å². The third-order valence-corrected chi connectivity index (χ3v) is 4.30. The van der Waals surface area contributed by atoms with Crippen LogP contribution in [0.4, 0.5) is 0 Å². The second-order valence-corrected chi connectivity index (χ2v) is 5.89. The van der Waals surface area contributed by atoms with E-state index in [4.69, 9.17) is 0 Å². The molecule has 0 fully saturated rings. The normalized spacial score (nSPS) is 10.9. The highest BCUT2D eigenvalue weighted by Crippen LogP contribution is 2.22. The Labute approximate surface area is 112 Å². The van der Waals surface area contributed by atoms with Gasteiger partial charge in [-0.2, -0.15) is 0 Å². The summed E-state index contributed by atoms with van der Waals surface area (Å²) >= 11 is 1.60. The molecule has 0 aliphatic rings. The minimum Gasteiger partial charge on any atom is -0.288 e. The van der Waals surface area contributed by atoms with Crippen LogP contribution < -0.4 is 0 Å². The van der Waals surface area contributed by atoms with E-state index in [1.165, 1.54) is 10.4 Å². The second-order valence-electron chi connectivity index (χ2n) is 4.73. The SMILES string of the molecule is CCc1ccc(C(=O)c2ccc(C(C)C)cc2)s1. The van der Waals surface area contributed by atoms with Gasteiger partial charge < -0.3 is 0 Å². The molecule has 0 saturated heterocycles. The van der Waals surface area contributed by atoms with E-state index in [0.29, 0.717) is 5.92 Å². The summed E-state index contributed by atoms with van der Waals surface area (Å²) in [6.45, 7) is 6.42. The topological polar surface area (TPSA) is 17.1 Å². The van der Waals surface area contributed by atoms with E-state index in [1.807, 2.05) is 36.4 Å². The van der Waals surface area contributed by atoms with Crippen LogP contribution in [0.3, 0.4) is 0 Å². The van der Waals surface area contributed by atoms with Gasteiger partial charge in [-0.05, 0) is 30.0 Å². The number of thiophene rings is 1. The maximum atomic E-state index is 12.3. The van der Waals surface area contributed by atoms with Crippen molar-refractivity contribution in [2.75, 3.05) is 0 Å². The summed E-state index contributed by atoms with van der Waals surface area (Å²) in [6, 6.07) is 11.9. The molecule has 1 aromatic heterocycles. The fourth-order valence-electron chi connectivity index (χ4n) is 1.85. The molecular weight excluding hydrogens is 240 g/mol. The van der Waals surface area contributed by atoms with Crippen LogP contribution >= 0.6 is 11.3 Å². The first-order valence-corrected chi connectivity index (χ1v) is 7.16. The van der Waals surface area contributed by atoms with Gasteiger partial charge in [-0.3, -0.25) is 4.79 Å². The predicted molar refractivity (Wildman–Crippen MR) is 77.7 cm³/mol. The first kappa shape index (κ1) is 13.0. The summed E-state index contributed by atoms with van der Waals surface area (Å²) in [5, 5.41) is 0. The van der Waals surface area contributed by atoms with Crippen molar-refractivity contribution in [3.05, 3.63) is 57.3 Å². The molecule has 2 aromatic rings. The summed E-state index contributed by atoms with van der Waals surface area (Å²) in [7, 11) is 0. The maximum Gasteiger partial charge on any atom is 0.202 e. The molecule has 2 heteroatoms. The summed E-state index contributed by atoms with van der Waals surface area (Å²) in [5.74, 6) is 0.637. The Morgan fingerprint density at radius 1 is 1.11 bits per heavy atom. The highest BCUT2D eigenvalue weighted by Gasteiger charge is 2.11. The van der Waals surface area contributed by atoms with Gasteiger partial charge in [0, 0.05) is 10.4 Å². The van der Waals surface area contributed by atoms with Gasteiger partial charge in [0.2, 0.25) is 5.78 Å². The van der Waals surface area contributed by atoms with Crippen molar-refractivity contribution < 1.29 is 4.79 Å². The molecule has 0 radical (unpaired) electrons. The predicted octanol–water partition coefficient (Wildman–Crippen LogP) is 4.66. The Kier molecular flexibility index (Phi) is 3.97. The average molecular weight is 258 g/mol. The highest BCUT2D eigenvalue weighted by atomic mass is 32.1. The molecule has 0 amide bonds. The third-order valence-electron chi connectivity index (χ3n) is 3.07. The number of hydrogen-bond donors (Lipinski definition) is 0. The van der Waals surface area contributed by atoms with Crippen molar-refractivity contribution in [1.29, 1.82) is 0 Å². The number of benzene rings is 1. The van der Waals surface area contributed by atoms with E-state index in [0.717, 1.165) is 16.9 Å². The molecule has 0 bridgehead atoms. The Bertz CT molecular complexity index is 534. The van der Waals surface area contributed by atoms with Gasteiger partial charge in [-0.15, -0.1) is 11.3 Å². The molecule has 1 heterocycles. The Morgan fingerprint density at radius 3 is 2.28 bits per heavy atom. The zero-order chi connectivity index (χ0) is 13.1. The van der Waals surface area contributed by atoms with Crippen molar-refractivity contribution in [1.82, 2.24) is 0 Å². The van der Waals surface area contributed by atoms with Crippen molar-refractivity contribution in [3.63, 3.8) is 0 Å². The smallest absolute Gasteiger partial charge is 0.202 e. The van der Waals surface area contributed by atoms with Crippen molar-refractivity contribution in [2.45, 2.75) is 33.1 Å². The molecule has 0 atom stereocenters. The Hall–Kier alpha value is -1.41. The van der Waals surface area contributed by atoms with Crippen LogP contribution in [0.25, 0.3) is 0 Å². The summed E-state index contributed by atoms with van der Waals surface area (Å²) < 4.78 is 0. The number of hydrogen-bond acceptors (Lipinski definition) is 2. The number of ketones is 1. The largest absolute Gasteiger partial charge is 0.288 e. The number of carbonyl (C=O) groups excluding carboxylic acids is 1. The van der Waals surface area contributed by atoms with Crippen LogP contribution in [0.2, 0.25) is 0 Å². The summed E-state index contributed by atoms with van der Waals surface area (Å²) in [6.07, 6.45) is 0.990. The lowest BCUT2D eigenvalue weighted by molar-refractivity contribution is 0.104. The quantitative estimate of drug-likeness (QED) is 0.729. The van der Waals surface area contributed by atoms with Crippen LogP contribution in [0.1, 0.15) is 52.4 Å². The van der Waals surface area contributed by atoms with Crippen LogP contribution in [-0.2, 0) is 6.42 Å². The van der Waals surface area contributed by atoms with Crippen LogP contribution in [0, 0.1) is 0 Å². The fourth-order valence-corrected chi connectivity index (χ4v) is 2.76. The first-order valence-electron chi connectivity index (χ1n) is 6.35. The lowest BCUT2D eigenvalue weighted by Gasteiger charge is -2.05. The van der Waals surface area contributed by atoms with Gasteiger partial charge in [0.1, 0.15) is 0 Å². The minimum atomic E-state index is 0.134. The van der Waals surface area contributed by atoms with Gasteiger partial charge in [-0.1, -0.05) is 45.0 Å². The van der Waals surface area contributed by atoms with Gasteiger partial charge >= 0.3 is 0 Å². The van der Waals surface area contributed by atoms with E-state index >= 15 is 0 Å².